The summed E-state index contributed by atoms with van der Waals surface area (Å²) in [5.41, 5.74) is 1.84. The fraction of sp³-hybridized carbons (Fsp3) is 0.0909. The first-order valence-electron chi connectivity index (χ1n) is 4.28. The SMILES string of the molecule is N#CCC#Cc1ccc2[nH]c(=O)oc2c1. The second-order valence-corrected chi connectivity index (χ2v) is 2.86. The lowest BCUT2D eigenvalue weighted by Crippen LogP contribution is -1.92. The molecule has 1 N–H and O–H groups in total. The van der Waals surface area contributed by atoms with Crippen molar-refractivity contribution in [1.82, 2.24) is 4.98 Å². The first-order chi connectivity index (χ1) is 7.29. The quantitative estimate of drug-likeness (QED) is 0.650. The number of nitrogens with one attached hydrogen (secondary N) is 1. The van der Waals surface area contributed by atoms with Gasteiger partial charge in [-0.3, -0.25) is 4.98 Å². The smallest absolute Gasteiger partial charge is 0.408 e. The Hall–Kier alpha value is -2.46. The summed E-state index contributed by atoms with van der Waals surface area (Å²) >= 11 is 0. The fourth-order valence-electron chi connectivity index (χ4n) is 1.21. The number of rotatable bonds is 0. The van der Waals surface area contributed by atoms with Crippen LogP contribution in [0.1, 0.15) is 12.0 Å². The number of nitrogens with zero attached hydrogens (tertiary/aromatic N) is 1. The van der Waals surface area contributed by atoms with Crippen molar-refractivity contribution in [3.8, 4) is 17.9 Å². The molecular formula is C11H6N2O2. The lowest BCUT2D eigenvalue weighted by molar-refractivity contribution is 0.555. The van der Waals surface area contributed by atoms with Crippen molar-refractivity contribution in [2.24, 2.45) is 0 Å². The van der Waals surface area contributed by atoms with Gasteiger partial charge < -0.3 is 4.42 Å². The minimum atomic E-state index is -0.480. The average Bonchev–Trinajstić information content (AvgIpc) is 2.57. The Bertz CT molecular complexity index is 647. The number of benzene rings is 1. The molecule has 0 fully saturated rings. The molecule has 1 aromatic carbocycles. The molecule has 4 nitrogen and oxygen atoms in total. The van der Waals surface area contributed by atoms with Crippen molar-refractivity contribution < 1.29 is 4.42 Å². The van der Waals surface area contributed by atoms with Gasteiger partial charge in [-0.05, 0) is 18.2 Å². The topological polar surface area (TPSA) is 69.8 Å². The predicted molar refractivity (Wildman–Crippen MR) is 53.9 cm³/mol. The monoisotopic (exact) mass is 198 g/mol. The molecule has 2 aromatic rings. The third-order valence-electron chi connectivity index (χ3n) is 1.82. The highest BCUT2D eigenvalue weighted by atomic mass is 16.4. The molecule has 0 amide bonds. The van der Waals surface area contributed by atoms with Gasteiger partial charge >= 0.3 is 5.76 Å². The summed E-state index contributed by atoms with van der Waals surface area (Å²) in [5.74, 6) is 5.00. The minimum absolute atomic E-state index is 0.190. The molecule has 1 aromatic heterocycles. The van der Waals surface area contributed by atoms with Gasteiger partial charge in [-0.25, -0.2) is 4.79 Å². The van der Waals surface area contributed by atoms with Gasteiger partial charge in [0.15, 0.2) is 5.58 Å². The molecule has 0 spiro atoms. The maximum absolute atomic E-state index is 10.9. The van der Waals surface area contributed by atoms with Crippen LogP contribution in [-0.4, -0.2) is 4.98 Å². The maximum atomic E-state index is 10.9. The van der Waals surface area contributed by atoms with Gasteiger partial charge in [0.05, 0.1) is 18.0 Å². The van der Waals surface area contributed by atoms with E-state index in [9.17, 15) is 4.79 Å². The Morgan fingerprint density at radius 1 is 1.47 bits per heavy atom. The maximum Gasteiger partial charge on any atom is 0.417 e. The number of nitriles is 1. The molecule has 2 rings (SSSR count). The van der Waals surface area contributed by atoms with Crippen LogP contribution < -0.4 is 5.76 Å². The van der Waals surface area contributed by atoms with Crippen molar-refractivity contribution in [2.75, 3.05) is 0 Å². The van der Waals surface area contributed by atoms with Gasteiger partial charge in [0.2, 0.25) is 0 Å². The van der Waals surface area contributed by atoms with Gasteiger partial charge in [-0.15, -0.1) is 0 Å². The third-order valence-corrected chi connectivity index (χ3v) is 1.82. The molecule has 4 heteroatoms. The van der Waals surface area contributed by atoms with Gasteiger partial charge in [0, 0.05) is 5.56 Å². The molecule has 0 saturated carbocycles. The van der Waals surface area contributed by atoms with E-state index in [0.29, 0.717) is 11.1 Å². The fourth-order valence-corrected chi connectivity index (χ4v) is 1.21. The Morgan fingerprint density at radius 2 is 2.33 bits per heavy atom. The van der Waals surface area contributed by atoms with E-state index in [0.717, 1.165) is 5.56 Å². The first kappa shape index (κ1) is 9.11. The van der Waals surface area contributed by atoms with Gasteiger partial charge in [0.25, 0.3) is 0 Å². The molecule has 15 heavy (non-hydrogen) atoms. The number of hydrogen-bond acceptors (Lipinski definition) is 3. The molecule has 0 atom stereocenters. The van der Waals surface area contributed by atoms with E-state index >= 15 is 0 Å². The largest absolute Gasteiger partial charge is 0.417 e. The first-order valence-corrected chi connectivity index (χ1v) is 4.28. The zero-order valence-corrected chi connectivity index (χ0v) is 7.70. The number of H-pyrrole nitrogens is 1. The van der Waals surface area contributed by atoms with Crippen LogP contribution in [0.25, 0.3) is 11.1 Å². The normalized spacial score (nSPS) is 9.27. The molecule has 0 bridgehead atoms. The summed E-state index contributed by atoms with van der Waals surface area (Å²) in [5, 5.41) is 8.30. The standard InChI is InChI=1S/C11H6N2O2/c12-6-2-1-3-8-4-5-9-10(7-8)15-11(14)13-9/h4-5,7H,2H2,(H,13,14). The average molecular weight is 198 g/mol. The molecule has 0 saturated heterocycles. The Morgan fingerprint density at radius 3 is 3.13 bits per heavy atom. The molecule has 72 valence electrons. The molecule has 0 radical (unpaired) electrons. The lowest BCUT2D eigenvalue weighted by Gasteiger charge is -1.88. The summed E-state index contributed by atoms with van der Waals surface area (Å²) in [7, 11) is 0. The Kier molecular flexibility index (Phi) is 2.26. The minimum Gasteiger partial charge on any atom is -0.408 e. The van der Waals surface area contributed by atoms with Crippen LogP contribution in [0, 0.1) is 23.2 Å². The van der Waals surface area contributed by atoms with E-state index in [4.69, 9.17) is 9.68 Å². The molecule has 0 aliphatic heterocycles. The van der Waals surface area contributed by atoms with E-state index < -0.39 is 5.76 Å². The Labute approximate surface area is 85.1 Å². The van der Waals surface area contributed by atoms with E-state index in [1.54, 1.807) is 18.2 Å². The number of aromatic amines is 1. The second kappa shape index (κ2) is 3.73. The molecule has 0 aliphatic carbocycles. The number of fused-ring (bicyclic) bond motifs is 1. The summed E-state index contributed by atoms with van der Waals surface area (Å²) in [4.78, 5) is 13.4. The highest BCUT2D eigenvalue weighted by Crippen LogP contribution is 2.11. The van der Waals surface area contributed by atoms with Crippen molar-refractivity contribution in [3.05, 3.63) is 34.3 Å². The van der Waals surface area contributed by atoms with E-state index in [2.05, 4.69) is 16.8 Å². The lowest BCUT2D eigenvalue weighted by atomic mass is 10.2. The van der Waals surface area contributed by atoms with Crippen LogP contribution in [0.3, 0.4) is 0 Å². The highest BCUT2D eigenvalue weighted by molar-refractivity contribution is 5.73. The van der Waals surface area contributed by atoms with Crippen molar-refractivity contribution in [2.45, 2.75) is 6.42 Å². The van der Waals surface area contributed by atoms with Gasteiger partial charge in [-0.2, -0.15) is 5.26 Å². The predicted octanol–water partition coefficient (Wildman–Crippen LogP) is 1.39. The molecular weight excluding hydrogens is 192 g/mol. The molecule has 0 aliphatic rings. The second-order valence-electron chi connectivity index (χ2n) is 2.86. The number of aromatic nitrogens is 1. The van der Waals surface area contributed by atoms with Crippen LogP contribution in [-0.2, 0) is 0 Å². The summed E-state index contributed by atoms with van der Waals surface area (Å²) < 4.78 is 4.87. The van der Waals surface area contributed by atoms with Crippen molar-refractivity contribution in [3.63, 3.8) is 0 Å². The van der Waals surface area contributed by atoms with E-state index in [1.165, 1.54) is 0 Å². The van der Waals surface area contributed by atoms with E-state index in [-0.39, 0.29) is 6.42 Å². The van der Waals surface area contributed by atoms with Crippen LogP contribution in [0.5, 0.6) is 0 Å². The van der Waals surface area contributed by atoms with Crippen LogP contribution >= 0.6 is 0 Å². The van der Waals surface area contributed by atoms with Gasteiger partial charge in [-0.1, -0.05) is 11.8 Å². The zero-order valence-electron chi connectivity index (χ0n) is 7.70. The summed E-state index contributed by atoms with van der Waals surface area (Å²) in [6.45, 7) is 0. The molecule has 0 unspecified atom stereocenters. The van der Waals surface area contributed by atoms with Crippen LogP contribution in [0.15, 0.2) is 27.4 Å². The Balaban J connectivity index is 2.44. The van der Waals surface area contributed by atoms with Crippen LogP contribution in [0.2, 0.25) is 0 Å². The summed E-state index contributed by atoms with van der Waals surface area (Å²) in [6.07, 6.45) is 0.190. The number of oxazole rings is 1. The van der Waals surface area contributed by atoms with Crippen molar-refractivity contribution >= 4 is 11.1 Å². The van der Waals surface area contributed by atoms with Crippen molar-refractivity contribution in [1.29, 1.82) is 5.26 Å². The van der Waals surface area contributed by atoms with E-state index in [1.807, 2.05) is 6.07 Å². The highest BCUT2D eigenvalue weighted by Gasteiger charge is 1.99. The summed E-state index contributed by atoms with van der Waals surface area (Å²) in [6, 6.07) is 7.07. The number of hydrogen-bond donors (Lipinski definition) is 1. The van der Waals surface area contributed by atoms with Gasteiger partial charge in [0.1, 0.15) is 0 Å². The zero-order chi connectivity index (χ0) is 10.7. The third kappa shape index (κ3) is 1.90. The van der Waals surface area contributed by atoms with Crippen LogP contribution in [0.4, 0.5) is 0 Å². The molecule has 1 heterocycles.